The van der Waals surface area contributed by atoms with Crippen molar-refractivity contribution in [2.24, 2.45) is 23.6 Å². The Morgan fingerprint density at radius 1 is 1.14 bits per heavy atom. The number of hydrazine groups is 1. The molecule has 0 aromatic carbocycles. The molecule has 0 heterocycles. The van der Waals surface area contributed by atoms with E-state index < -0.39 is 0 Å². The molecule has 4 unspecified atom stereocenters. The summed E-state index contributed by atoms with van der Waals surface area (Å²) in [5.41, 5.74) is 3.61. The molecule has 122 valence electrons. The Labute approximate surface area is 131 Å². The Bertz CT molecular complexity index is 333. The minimum Gasteiger partial charge on any atom is -0.297 e. The van der Waals surface area contributed by atoms with Gasteiger partial charge in [0.05, 0.1) is 0 Å². The molecule has 3 rings (SSSR count). The fourth-order valence-electron chi connectivity index (χ4n) is 6.14. The van der Waals surface area contributed by atoms with Gasteiger partial charge in [0.1, 0.15) is 0 Å². The van der Waals surface area contributed by atoms with E-state index in [2.05, 4.69) is 24.2 Å². The number of rotatable bonds is 7. The summed E-state index contributed by atoms with van der Waals surface area (Å²) >= 11 is 0. The van der Waals surface area contributed by atoms with E-state index in [0.717, 1.165) is 30.8 Å². The molecule has 3 nitrogen and oxygen atoms in total. The largest absolute Gasteiger partial charge is 0.297 e. The van der Waals surface area contributed by atoms with Gasteiger partial charge in [-0.15, -0.1) is 0 Å². The second-order valence-corrected chi connectivity index (χ2v) is 7.87. The van der Waals surface area contributed by atoms with Gasteiger partial charge in [-0.3, -0.25) is 16.2 Å². The van der Waals surface area contributed by atoms with E-state index in [0.29, 0.717) is 11.6 Å². The number of nitrogens with zero attached hydrogens (tertiary/aromatic N) is 1. The number of nitrogens with two attached hydrogens (primary N) is 1. The van der Waals surface area contributed by atoms with Crippen LogP contribution in [0.1, 0.15) is 71.6 Å². The van der Waals surface area contributed by atoms with Crippen LogP contribution in [0.15, 0.2) is 0 Å². The average molecular weight is 293 g/mol. The first kappa shape index (κ1) is 15.8. The predicted molar refractivity (Wildman–Crippen MR) is 88.8 cm³/mol. The second kappa shape index (κ2) is 6.55. The summed E-state index contributed by atoms with van der Waals surface area (Å²) in [6.45, 7) is 6.94. The van der Waals surface area contributed by atoms with Gasteiger partial charge in [-0.2, -0.15) is 0 Å². The van der Waals surface area contributed by atoms with Crippen molar-refractivity contribution in [1.82, 2.24) is 10.3 Å². The average Bonchev–Trinajstić information content (AvgIpc) is 3.22. The van der Waals surface area contributed by atoms with Gasteiger partial charge in [0, 0.05) is 11.6 Å². The number of hydrogen-bond donors (Lipinski definition) is 2. The van der Waals surface area contributed by atoms with Crippen molar-refractivity contribution >= 4 is 0 Å². The summed E-state index contributed by atoms with van der Waals surface area (Å²) in [4.78, 5) is 2.71. The molecule has 3 fully saturated rings. The van der Waals surface area contributed by atoms with Crippen molar-refractivity contribution in [2.75, 3.05) is 13.1 Å². The molecule has 0 aliphatic heterocycles. The van der Waals surface area contributed by atoms with Crippen molar-refractivity contribution in [2.45, 2.75) is 83.2 Å². The molecule has 3 saturated carbocycles. The first-order valence-electron chi connectivity index (χ1n) is 9.44. The number of fused-ring (bicyclic) bond motifs is 2. The Morgan fingerprint density at radius 3 is 2.33 bits per heavy atom. The van der Waals surface area contributed by atoms with E-state index in [1.165, 1.54) is 57.8 Å². The Hall–Kier alpha value is -0.120. The van der Waals surface area contributed by atoms with Crippen LogP contribution < -0.4 is 11.3 Å². The van der Waals surface area contributed by atoms with Crippen LogP contribution in [0.2, 0.25) is 0 Å². The van der Waals surface area contributed by atoms with E-state index in [1.807, 2.05) is 0 Å². The summed E-state index contributed by atoms with van der Waals surface area (Å²) in [7, 11) is 0. The molecule has 2 bridgehead atoms. The molecule has 0 spiro atoms. The lowest BCUT2D eigenvalue weighted by atomic mass is 9.76. The summed E-state index contributed by atoms with van der Waals surface area (Å²) < 4.78 is 0. The summed E-state index contributed by atoms with van der Waals surface area (Å²) in [5.74, 6) is 9.09. The zero-order valence-corrected chi connectivity index (χ0v) is 14.1. The van der Waals surface area contributed by atoms with E-state index in [1.54, 1.807) is 0 Å². The molecule has 3 aliphatic carbocycles. The smallest absolute Gasteiger partial charge is 0.0397 e. The van der Waals surface area contributed by atoms with Gasteiger partial charge < -0.3 is 0 Å². The topological polar surface area (TPSA) is 41.3 Å². The summed E-state index contributed by atoms with van der Waals surface area (Å²) in [6.07, 6.45) is 12.7. The van der Waals surface area contributed by atoms with Gasteiger partial charge in [-0.25, -0.2) is 0 Å². The Balaban J connectivity index is 1.73. The normalized spacial score (nSPS) is 35.7. The van der Waals surface area contributed by atoms with Crippen LogP contribution in [0, 0.1) is 17.8 Å². The number of hydrogen-bond acceptors (Lipinski definition) is 3. The molecule has 4 atom stereocenters. The lowest BCUT2D eigenvalue weighted by molar-refractivity contribution is 0.0486. The third-order valence-electron chi connectivity index (χ3n) is 7.14. The monoisotopic (exact) mass is 293 g/mol. The standard InChI is InChI=1S/C18H35N3/c1-3-21(4-2)18(9-5-6-10-18)17(20-19)13-16-12-14-7-8-15(16)11-14/h14-17,20H,3-13,19H2,1-2H3. The minimum absolute atomic E-state index is 0.333. The first-order chi connectivity index (χ1) is 10.2. The maximum atomic E-state index is 6.08. The quantitative estimate of drug-likeness (QED) is 0.559. The van der Waals surface area contributed by atoms with Crippen LogP contribution in [0.3, 0.4) is 0 Å². The molecule has 0 radical (unpaired) electrons. The van der Waals surface area contributed by atoms with Crippen LogP contribution in [0.5, 0.6) is 0 Å². The van der Waals surface area contributed by atoms with Crippen LogP contribution in [-0.4, -0.2) is 29.6 Å². The zero-order chi connectivity index (χ0) is 14.9. The SMILES string of the molecule is CCN(CC)C1(C(CC2CC3CCC2C3)NN)CCCC1. The van der Waals surface area contributed by atoms with Crippen molar-refractivity contribution in [3.63, 3.8) is 0 Å². The predicted octanol–water partition coefficient (Wildman–Crippen LogP) is 3.30. The lowest BCUT2D eigenvalue weighted by Gasteiger charge is -2.47. The van der Waals surface area contributed by atoms with Gasteiger partial charge in [0.25, 0.3) is 0 Å². The molecular formula is C18H35N3. The zero-order valence-electron chi connectivity index (χ0n) is 14.1. The number of nitrogens with one attached hydrogen (secondary N) is 1. The summed E-state index contributed by atoms with van der Waals surface area (Å²) in [5, 5.41) is 0. The lowest BCUT2D eigenvalue weighted by Crippen LogP contribution is -2.62. The highest BCUT2D eigenvalue weighted by Gasteiger charge is 2.48. The number of likely N-dealkylation sites (N-methyl/N-ethyl adjacent to an activating group) is 1. The summed E-state index contributed by atoms with van der Waals surface area (Å²) in [6, 6.07) is 0.490. The first-order valence-corrected chi connectivity index (χ1v) is 9.44. The van der Waals surface area contributed by atoms with Gasteiger partial charge in [0.2, 0.25) is 0 Å². The van der Waals surface area contributed by atoms with Gasteiger partial charge >= 0.3 is 0 Å². The molecule has 0 aromatic heterocycles. The van der Waals surface area contributed by atoms with Gasteiger partial charge in [-0.05, 0) is 69.4 Å². The fraction of sp³-hybridized carbons (Fsp3) is 1.00. The van der Waals surface area contributed by atoms with Crippen molar-refractivity contribution in [3.8, 4) is 0 Å². The van der Waals surface area contributed by atoms with Gasteiger partial charge in [0.15, 0.2) is 0 Å². The van der Waals surface area contributed by atoms with E-state index in [4.69, 9.17) is 5.84 Å². The third-order valence-corrected chi connectivity index (χ3v) is 7.14. The van der Waals surface area contributed by atoms with Crippen LogP contribution >= 0.6 is 0 Å². The highest BCUT2D eigenvalue weighted by molar-refractivity contribution is 5.04. The molecule has 3 heteroatoms. The third kappa shape index (κ3) is 2.77. The van der Waals surface area contributed by atoms with Gasteiger partial charge in [-0.1, -0.05) is 33.1 Å². The second-order valence-electron chi connectivity index (χ2n) is 7.87. The maximum Gasteiger partial charge on any atom is 0.0397 e. The van der Waals surface area contributed by atoms with E-state index in [-0.39, 0.29) is 0 Å². The molecule has 3 aliphatic rings. The van der Waals surface area contributed by atoms with Crippen molar-refractivity contribution in [1.29, 1.82) is 0 Å². The van der Waals surface area contributed by atoms with Crippen molar-refractivity contribution < 1.29 is 0 Å². The molecule has 0 aromatic rings. The molecule has 21 heavy (non-hydrogen) atoms. The van der Waals surface area contributed by atoms with Crippen molar-refractivity contribution in [3.05, 3.63) is 0 Å². The maximum absolute atomic E-state index is 6.08. The Kier molecular flexibility index (Phi) is 4.92. The molecule has 3 N–H and O–H groups in total. The highest BCUT2D eigenvalue weighted by atomic mass is 15.3. The molecule has 0 saturated heterocycles. The minimum atomic E-state index is 0.333. The van der Waals surface area contributed by atoms with Crippen LogP contribution in [-0.2, 0) is 0 Å². The fourth-order valence-corrected chi connectivity index (χ4v) is 6.14. The van der Waals surface area contributed by atoms with E-state index >= 15 is 0 Å². The van der Waals surface area contributed by atoms with E-state index in [9.17, 15) is 0 Å². The van der Waals surface area contributed by atoms with Crippen LogP contribution in [0.4, 0.5) is 0 Å². The molecule has 0 amide bonds. The molecular weight excluding hydrogens is 258 g/mol. The van der Waals surface area contributed by atoms with Crippen LogP contribution in [0.25, 0.3) is 0 Å². The highest BCUT2D eigenvalue weighted by Crippen LogP contribution is 2.51. The Morgan fingerprint density at radius 2 is 1.86 bits per heavy atom.